The van der Waals surface area contributed by atoms with E-state index in [1.54, 1.807) is 24.3 Å². The van der Waals surface area contributed by atoms with Crippen molar-refractivity contribution >= 4 is 5.97 Å². The lowest BCUT2D eigenvalue weighted by molar-refractivity contribution is 0.0600. The molecule has 42 heavy (non-hydrogen) atoms. The first-order valence-electron chi connectivity index (χ1n) is 15.6. The number of hydrogen-bond acceptors (Lipinski definition) is 8. The van der Waals surface area contributed by atoms with Crippen molar-refractivity contribution in [2.75, 3.05) is 7.11 Å². The molecule has 8 heteroatoms. The predicted molar refractivity (Wildman–Crippen MR) is 164 cm³/mol. The molecule has 0 saturated heterocycles. The predicted octanol–water partition coefficient (Wildman–Crippen LogP) is 8.03. The van der Waals surface area contributed by atoms with Crippen molar-refractivity contribution in [3.63, 3.8) is 0 Å². The van der Waals surface area contributed by atoms with Crippen molar-refractivity contribution in [1.82, 2.24) is 10.2 Å². The molecule has 3 N–H and O–H groups in total. The summed E-state index contributed by atoms with van der Waals surface area (Å²) in [6.07, 6.45) is 7.93. The van der Waals surface area contributed by atoms with E-state index in [9.17, 15) is 20.1 Å². The van der Waals surface area contributed by atoms with Gasteiger partial charge in [-0.25, -0.2) is 4.79 Å². The molecule has 0 radical (unpaired) electrons. The SMILES string of the molecule is CCCCCC(O)c1cc(-c2nnc(-c3ccc(C(=O)OC)cc3)o2)cc(C(O)CCCCC)c1C(O)CCCCC. The molecule has 2 aromatic carbocycles. The van der Waals surface area contributed by atoms with Gasteiger partial charge in [-0.15, -0.1) is 10.2 Å². The largest absolute Gasteiger partial charge is 0.465 e. The van der Waals surface area contributed by atoms with Crippen LogP contribution in [0.2, 0.25) is 0 Å². The number of carbonyl (C=O) groups is 1. The fraction of sp³-hybridized carbons (Fsp3) is 0.559. The topological polar surface area (TPSA) is 126 Å². The molecular formula is C34H48N2O6. The molecule has 1 heterocycles. The number of benzene rings is 2. The van der Waals surface area contributed by atoms with Crippen molar-refractivity contribution in [1.29, 1.82) is 0 Å². The van der Waals surface area contributed by atoms with Crippen LogP contribution in [0.1, 0.15) is 143 Å². The summed E-state index contributed by atoms with van der Waals surface area (Å²) < 4.78 is 10.8. The summed E-state index contributed by atoms with van der Waals surface area (Å²) >= 11 is 0. The second-order valence-corrected chi connectivity index (χ2v) is 11.1. The van der Waals surface area contributed by atoms with E-state index in [-0.39, 0.29) is 11.8 Å². The lowest BCUT2D eigenvalue weighted by Gasteiger charge is -2.26. The molecular weight excluding hydrogens is 532 g/mol. The Labute approximate surface area is 250 Å². The highest BCUT2D eigenvalue weighted by molar-refractivity contribution is 5.89. The fourth-order valence-electron chi connectivity index (χ4n) is 5.30. The zero-order chi connectivity index (χ0) is 30.5. The van der Waals surface area contributed by atoms with Gasteiger partial charge in [0.05, 0.1) is 31.0 Å². The zero-order valence-corrected chi connectivity index (χ0v) is 25.6. The van der Waals surface area contributed by atoms with Crippen LogP contribution < -0.4 is 0 Å². The summed E-state index contributed by atoms with van der Waals surface area (Å²) in [4.78, 5) is 11.8. The van der Waals surface area contributed by atoms with Crippen LogP contribution in [-0.2, 0) is 4.74 Å². The molecule has 0 aliphatic rings. The number of rotatable bonds is 18. The number of methoxy groups -OCH3 is 1. The third-order valence-electron chi connectivity index (χ3n) is 7.76. The average molecular weight is 581 g/mol. The molecule has 8 nitrogen and oxygen atoms in total. The third-order valence-corrected chi connectivity index (χ3v) is 7.76. The van der Waals surface area contributed by atoms with Crippen molar-refractivity contribution in [3.8, 4) is 22.9 Å². The van der Waals surface area contributed by atoms with Crippen LogP contribution >= 0.6 is 0 Å². The molecule has 0 aliphatic carbocycles. The maximum absolute atomic E-state index is 11.8. The second-order valence-electron chi connectivity index (χ2n) is 11.1. The number of aliphatic hydroxyl groups excluding tert-OH is 3. The standard InChI is InChI=1S/C34H48N2O6/c1-5-8-11-14-28(37)26-21-25(33-36-35-32(42-33)23-17-19-24(20-18-23)34(40)41-4)22-27(29(38)15-12-9-6-2)31(26)30(39)16-13-10-7-3/h17-22,28-30,37-39H,5-16H2,1-4H3. The highest BCUT2D eigenvalue weighted by Crippen LogP contribution is 2.40. The molecule has 0 saturated carbocycles. The second kappa shape index (κ2) is 17.1. The van der Waals surface area contributed by atoms with Crippen molar-refractivity contribution in [3.05, 3.63) is 58.7 Å². The quantitative estimate of drug-likeness (QED) is 0.102. The molecule has 1 aromatic heterocycles. The van der Waals surface area contributed by atoms with Crippen LogP contribution in [0, 0.1) is 0 Å². The summed E-state index contributed by atoms with van der Waals surface area (Å²) in [5.41, 5.74) is 3.49. The van der Waals surface area contributed by atoms with E-state index in [0.717, 1.165) is 57.8 Å². The van der Waals surface area contributed by atoms with Gasteiger partial charge in [-0.3, -0.25) is 0 Å². The van der Waals surface area contributed by atoms with Crippen molar-refractivity contribution in [2.24, 2.45) is 0 Å². The minimum Gasteiger partial charge on any atom is -0.465 e. The highest BCUT2D eigenvalue weighted by Gasteiger charge is 2.27. The molecule has 0 amide bonds. The maximum Gasteiger partial charge on any atom is 0.337 e. The molecule has 3 atom stereocenters. The Morgan fingerprint density at radius 1 is 0.714 bits per heavy atom. The molecule has 3 aromatic rings. The van der Waals surface area contributed by atoms with Gasteiger partial charge in [0.1, 0.15) is 0 Å². The molecule has 0 bridgehead atoms. The van der Waals surface area contributed by atoms with E-state index in [1.165, 1.54) is 7.11 Å². The van der Waals surface area contributed by atoms with Gasteiger partial charge in [-0.05, 0) is 72.4 Å². The zero-order valence-electron chi connectivity index (χ0n) is 25.6. The van der Waals surface area contributed by atoms with Gasteiger partial charge in [0.2, 0.25) is 11.8 Å². The van der Waals surface area contributed by atoms with Gasteiger partial charge >= 0.3 is 5.97 Å². The number of esters is 1. The Hall–Kier alpha value is -3.07. The van der Waals surface area contributed by atoms with Crippen LogP contribution in [0.3, 0.4) is 0 Å². The summed E-state index contributed by atoms with van der Waals surface area (Å²) in [6.45, 7) is 6.37. The van der Waals surface area contributed by atoms with Crippen LogP contribution in [-0.4, -0.2) is 38.6 Å². The fourth-order valence-corrected chi connectivity index (χ4v) is 5.30. The molecule has 230 valence electrons. The number of hydrogen-bond donors (Lipinski definition) is 3. The van der Waals surface area contributed by atoms with E-state index >= 15 is 0 Å². The van der Waals surface area contributed by atoms with Crippen LogP contribution in [0.4, 0.5) is 0 Å². The molecule has 0 spiro atoms. The summed E-state index contributed by atoms with van der Waals surface area (Å²) in [5, 5.41) is 42.8. The lowest BCUT2D eigenvalue weighted by atomic mass is 9.84. The lowest BCUT2D eigenvalue weighted by Crippen LogP contribution is -2.14. The Morgan fingerprint density at radius 3 is 1.62 bits per heavy atom. The molecule has 3 unspecified atom stereocenters. The van der Waals surface area contributed by atoms with Crippen molar-refractivity contribution in [2.45, 2.75) is 116 Å². The Balaban J connectivity index is 2.07. The number of aromatic nitrogens is 2. The van der Waals surface area contributed by atoms with Gasteiger partial charge in [-0.2, -0.15) is 0 Å². The number of aliphatic hydroxyl groups is 3. The first kappa shape index (κ1) is 33.4. The number of carbonyl (C=O) groups excluding carboxylic acids is 1. The first-order valence-corrected chi connectivity index (χ1v) is 15.6. The van der Waals surface area contributed by atoms with E-state index < -0.39 is 24.3 Å². The van der Waals surface area contributed by atoms with Gasteiger partial charge < -0.3 is 24.5 Å². The number of nitrogens with zero attached hydrogens (tertiary/aromatic N) is 2. The maximum atomic E-state index is 11.8. The van der Waals surface area contributed by atoms with Gasteiger partial charge in [0.15, 0.2) is 0 Å². The Morgan fingerprint density at radius 2 is 1.17 bits per heavy atom. The van der Waals surface area contributed by atoms with Crippen molar-refractivity contribution < 1.29 is 29.3 Å². The summed E-state index contributed by atoms with van der Waals surface area (Å²) in [6, 6.07) is 10.4. The normalized spacial score (nSPS) is 13.6. The molecule has 0 fully saturated rings. The van der Waals surface area contributed by atoms with Gasteiger partial charge in [-0.1, -0.05) is 78.6 Å². The molecule has 0 aliphatic heterocycles. The minimum atomic E-state index is -0.804. The summed E-state index contributed by atoms with van der Waals surface area (Å²) in [7, 11) is 1.33. The minimum absolute atomic E-state index is 0.248. The van der Waals surface area contributed by atoms with E-state index in [2.05, 4.69) is 31.0 Å². The average Bonchev–Trinajstić information content (AvgIpc) is 3.51. The number of ether oxygens (including phenoxy) is 1. The highest BCUT2D eigenvalue weighted by atomic mass is 16.5. The third kappa shape index (κ3) is 8.96. The van der Waals surface area contributed by atoms with Gasteiger partial charge in [0, 0.05) is 11.1 Å². The molecule has 3 rings (SSSR count). The Kier molecular flexibility index (Phi) is 13.6. The monoisotopic (exact) mass is 580 g/mol. The Bertz CT molecular complexity index is 1200. The van der Waals surface area contributed by atoms with E-state index in [4.69, 9.17) is 9.15 Å². The van der Waals surface area contributed by atoms with Crippen LogP contribution in [0.25, 0.3) is 22.9 Å². The summed E-state index contributed by atoms with van der Waals surface area (Å²) in [5.74, 6) is 0.0954. The van der Waals surface area contributed by atoms with Crippen LogP contribution in [0.5, 0.6) is 0 Å². The first-order chi connectivity index (χ1) is 20.3. The van der Waals surface area contributed by atoms with Crippen LogP contribution in [0.15, 0.2) is 40.8 Å². The van der Waals surface area contributed by atoms with E-state index in [0.29, 0.717) is 52.6 Å². The smallest absolute Gasteiger partial charge is 0.337 e. The number of unbranched alkanes of at least 4 members (excludes halogenated alkanes) is 6. The van der Waals surface area contributed by atoms with Gasteiger partial charge in [0.25, 0.3) is 0 Å². The van der Waals surface area contributed by atoms with E-state index in [1.807, 2.05) is 12.1 Å².